The first-order valence-electron chi connectivity index (χ1n) is 8.24. The third-order valence-electron chi connectivity index (χ3n) is 4.28. The summed E-state index contributed by atoms with van der Waals surface area (Å²) >= 11 is 0. The molecule has 0 bridgehead atoms. The van der Waals surface area contributed by atoms with Crippen molar-refractivity contribution in [2.45, 2.75) is 38.9 Å². The molecule has 7 nitrogen and oxygen atoms in total. The van der Waals surface area contributed by atoms with E-state index in [9.17, 15) is 0 Å². The largest absolute Gasteiger partial charge is 0.496 e. The van der Waals surface area contributed by atoms with E-state index in [0.29, 0.717) is 6.54 Å². The van der Waals surface area contributed by atoms with Gasteiger partial charge in [-0.1, -0.05) is 18.2 Å². The molecule has 0 aliphatic carbocycles. The van der Waals surface area contributed by atoms with Crippen LogP contribution in [-0.2, 0) is 19.5 Å². The lowest BCUT2D eigenvalue weighted by Gasteiger charge is -2.20. The van der Waals surface area contributed by atoms with E-state index in [-0.39, 0.29) is 6.04 Å². The van der Waals surface area contributed by atoms with Crippen molar-refractivity contribution >= 4 is 5.96 Å². The van der Waals surface area contributed by atoms with E-state index in [4.69, 9.17) is 4.74 Å². The smallest absolute Gasteiger partial charge is 0.191 e. The molecular formula is C17H24N6O. The molecule has 7 heteroatoms. The first-order valence-corrected chi connectivity index (χ1v) is 8.24. The summed E-state index contributed by atoms with van der Waals surface area (Å²) in [5.74, 6) is 3.62. The number of methoxy groups -OCH3 is 1. The molecule has 3 rings (SSSR count). The SMILES string of the molecule is CN=C(NCc1nnc2n1CCC2)NC(C)c1ccccc1OC. The van der Waals surface area contributed by atoms with E-state index in [2.05, 4.69) is 43.4 Å². The molecule has 0 fully saturated rings. The molecule has 24 heavy (non-hydrogen) atoms. The molecule has 0 radical (unpaired) electrons. The summed E-state index contributed by atoms with van der Waals surface area (Å²) in [4.78, 5) is 4.30. The van der Waals surface area contributed by atoms with E-state index in [1.165, 1.54) is 0 Å². The lowest BCUT2D eigenvalue weighted by atomic mass is 10.1. The second kappa shape index (κ2) is 7.33. The van der Waals surface area contributed by atoms with Crippen LogP contribution in [0.1, 0.15) is 36.6 Å². The summed E-state index contributed by atoms with van der Waals surface area (Å²) in [6, 6.07) is 8.05. The fourth-order valence-corrected chi connectivity index (χ4v) is 3.01. The van der Waals surface area contributed by atoms with Gasteiger partial charge in [0, 0.05) is 25.6 Å². The van der Waals surface area contributed by atoms with Crippen LogP contribution in [-0.4, -0.2) is 34.9 Å². The second-order valence-electron chi connectivity index (χ2n) is 5.82. The van der Waals surface area contributed by atoms with Gasteiger partial charge in [0.25, 0.3) is 0 Å². The lowest BCUT2D eigenvalue weighted by molar-refractivity contribution is 0.405. The molecule has 1 aliphatic heterocycles. The minimum absolute atomic E-state index is 0.0662. The van der Waals surface area contributed by atoms with Gasteiger partial charge in [-0.3, -0.25) is 4.99 Å². The van der Waals surface area contributed by atoms with Crippen LogP contribution in [0.3, 0.4) is 0 Å². The Morgan fingerprint density at radius 3 is 3.00 bits per heavy atom. The minimum atomic E-state index is 0.0662. The maximum Gasteiger partial charge on any atom is 0.191 e. The average Bonchev–Trinajstić information content (AvgIpc) is 3.22. The zero-order chi connectivity index (χ0) is 16.9. The third-order valence-corrected chi connectivity index (χ3v) is 4.28. The van der Waals surface area contributed by atoms with Crippen LogP contribution in [0.15, 0.2) is 29.3 Å². The van der Waals surface area contributed by atoms with Gasteiger partial charge in [-0.05, 0) is 19.4 Å². The fraction of sp³-hybridized carbons (Fsp3) is 0.471. The average molecular weight is 328 g/mol. The summed E-state index contributed by atoms with van der Waals surface area (Å²) in [7, 11) is 3.45. The van der Waals surface area contributed by atoms with Gasteiger partial charge >= 0.3 is 0 Å². The van der Waals surface area contributed by atoms with Gasteiger partial charge in [0.05, 0.1) is 19.7 Å². The van der Waals surface area contributed by atoms with Crippen LogP contribution < -0.4 is 15.4 Å². The maximum absolute atomic E-state index is 5.43. The van der Waals surface area contributed by atoms with E-state index < -0.39 is 0 Å². The molecule has 1 aliphatic rings. The molecule has 2 aromatic rings. The number of fused-ring (bicyclic) bond motifs is 1. The zero-order valence-corrected chi connectivity index (χ0v) is 14.4. The Kier molecular flexibility index (Phi) is 4.98. The number of nitrogens with one attached hydrogen (secondary N) is 2. The number of hydrogen-bond donors (Lipinski definition) is 2. The first kappa shape index (κ1) is 16.3. The minimum Gasteiger partial charge on any atom is -0.496 e. The maximum atomic E-state index is 5.43. The molecule has 1 aromatic carbocycles. The summed E-state index contributed by atoms with van der Waals surface area (Å²) in [5.41, 5.74) is 1.09. The molecule has 0 saturated carbocycles. The number of ether oxygens (including phenoxy) is 1. The standard InChI is InChI=1S/C17H24N6O/c1-12(13-7-4-5-8-14(13)24-3)20-17(18-2)19-11-16-22-21-15-9-6-10-23(15)16/h4-5,7-8,12H,6,9-11H2,1-3H3,(H2,18,19,20). The van der Waals surface area contributed by atoms with Crippen molar-refractivity contribution in [1.29, 1.82) is 0 Å². The predicted molar refractivity (Wildman–Crippen MR) is 93.1 cm³/mol. The van der Waals surface area contributed by atoms with Crippen LogP contribution in [0.25, 0.3) is 0 Å². The number of guanidine groups is 1. The highest BCUT2D eigenvalue weighted by Crippen LogP contribution is 2.24. The number of aryl methyl sites for hydroxylation is 1. The molecule has 1 unspecified atom stereocenters. The van der Waals surface area contributed by atoms with E-state index in [0.717, 1.165) is 48.3 Å². The van der Waals surface area contributed by atoms with Crippen molar-refractivity contribution < 1.29 is 4.74 Å². The van der Waals surface area contributed by atoms with Crippen molar-refractivity contribution in [2.75, 3.05) is 14.2 Å². The first-order chi connectivity index (χ1) is 11.7. The van der Waals surface area contributed by atoms with Crippen LogP contribution in [0.5, 0.6) is 5.75 Å². The highest BCUT2D eigenvalue weighted by atomic mass is 16.5. The van der Waals surface area contributed by atoms with Crippen molar-refractivity contribution in [3.63, 3.8) is 0 Å². The summed E-state index contributed by atoms with van der Waals surface area (Å²) in [6.07, 6.45) is 2.17. The number of aliphatic imine (C=N–C) groups is 1. The zero-order valence-electron chi connectivity index (χ0n) is 14.4. The molecule has 1 aromatic heterocycles. The van der Waals surface area contributed by atoms with Gasteiger partial charge < -0.3 is 19.9 Å². The number of hydrogen-bond acceptors (Lipinski definition) is 4. The number of nitrogens with zero attached hydrogens (tertiary/aromatic N) is 4. The van der Waals surface area contributed by atoms with Gasteiger partial charge in [-0.25, -0.2) is 0 Å². The van der Waals surface area contributed by atoms with E-state index >= 15 is 0 Å². The van der Waals surface area contributed by atoms with E-state index in [1.807, 2.05) is 18.2 Å². The highest BCUT2D eigenvalue weighted by Gasteiger charge is 2.18. The Morgan fingerprint density at radius 1 is 1.38 bits per heavy atom. The number of para-hydroxylation sites is 1. The topological polar surface area (TPSA) is 76.4 Å². The molecule has 2 N–H and O–H groups in total. The van der Waals surface area contributed by atoms with Crippen LogP contribution in [0.4, 0.5) is 0 Å². The van der Waals surface area contributed by atoms with Crippen molar-refractivity contribution in [1.82, 2.24) is 25.4 Å². The fourth-order valence-electron chi connectivity index (χ4n) is 3.01. The molecule has 2 heterocycles. The summed E-state index contributed by atoms with van der Waals surface area (Å²) in [5, 5.41) is 15.2. The summed E-state index contributed by atoms with van der Waals surface area (Å²) < 4.78 is 7.61. The monoisotopic (exact) mass is 328 g/mol. The summed E-state index contributed by atoms with van der Waals surface area (Å²) in [6.45, 7) is 3.69. The van der Waals surface area contributed by atoms with Crippen LogP contribution in [0, 0.1) is 0 Å². The number of aromatic nitrogens is 3. The highest BCUT2D eigenvalue weighted by molar-refractivity contribution is 5.80. The Morgan fingerprint density at radius 2 is 2.21 bits per heavy atom. The Bertz CT molecular complexity index is 724. The number of rotatable bonds is 5. The Hall–Kier alpha value is -2.57. The molecule has 0 saturated heterocycles. The quantitative estimate of drug-likeness (QED) is 0.645. The van der Waals surface area contributed by atoms with Crippen molar-refractivity contribution in [3.8, 4) is 5.75 Å². The van der Waals surface area contributed by atoms with Gasteiger partial charge in [-0.15, -0.1) is 10.2 Å². The third kappa shape index (κ3) is 3.34. The van der Waals surface area contributed by atoms with Crippen LogP contribution in [0.2, 0.25) is 0 Å². The molecule has 0 spiro atoms. The predicted octanol–water partition coefficient (Wildman–Crippen LogP) is 1.66. The molecule has 0 amide bonds. The molecule has 128 valence electrons. The van der Waals surface area contributed by atoms with Crippen molar-refractivity contribution in [2.24, 2.45) is 4.99 Å². The Balaban J connectivity index is 1.62. The molecular weight excluding hydrogens is 304 g/mol. The lowest BCUT2D eigenvalue weighted by Crippen LogP contribution is -2.38. The van der Waals surface area contributed by atoms with Crippen LogP contribution >= 0.6 is 0 Å². The normalized spacial score (nSPS) is 15.0. The molecule has 1 atom stereocenters. The van der Waals surface area contributed by atoms with Gasteiger partial charge in [0.2, 0.25) is 0 Å². The Labute approximate surface area is 142 Å². The van der Waals surface area contributed by atoms with Crippen molar-refractivity contribution in [3.05, 3.63) is 41.5 Å². The van der Waals surface area contributed by atoms with E-state index in [1.54, 1.807) is 14.2 Å². The van der Waals surface area contributed by atoms with Gasteiger partial charge in [0.1, 0.15) is 11.6 Å². The number of benzene rings is 1. The van der Waals surface area contributed by atoms with Gasteiger partial charge in [-0.2, -0.15) is 0 Å². The second-order valence-corrected chi connectivity index (χ2v) is 5.82. The van der Waals surface area contributed by atoms with Gasteiger partial charge in [0.15, 0.2) is 11.8 Å².